The Morgan fingerprint density at radius 2 is 1.47 bits per heavy atom. The van der Waals surface area contributed by atoms with E-state index in [4.69, 9.17) is 13.7 Å². The van der Waals surface area contributed by atoms with Gasteiger partial charge in [-0.3, -0.25) is 33.8 Å². The number of aromatic hydroxyl groups is 1. The van der Waals surface area contributed by atoms with E-state index in [0.29, 0.717) is 0 Å². The first-order valence-electron chi connectivity index (χ1n) is 23.8. The number of aliphatic hydroxyl groups excluding tert-OH is 6. The molecule has 4 heterocycles. The molecule has 0 bridgehead atoms. The maximum Gasteiger partial charge on any atom is 1.00 e. The first-order chi connectivity index (χ1) is 34.8. The number of hydrogen-bond acceptors (Lipinski definition) is 21. The summed E-state index contributed by atoms with van der Waals surface area (Å²) < 4.78 is 21.0. The molecule has 74 heavy (non-hydrogen) atoms. The topological polar surface area (TPSA) is 380 Å². The fourth-order valence-corrected chi connectivity index (χ4v) is 9.43. The molecule has 28 heteroatoms. The third kappa shape index (κ3) is 15.7. The number of ether oxygens (including phenoxy) is 2. The van der Waals surface area contributed by atoms with Crippen LogP contribution in [-0.2, 0) is 54.0 Å². The molecule has 404 valence electrons. The Morgan fingerprint density at radius 3 is 2.15 bits per heavy atom. The minimum atomic E-state index is -2.06. The number of amides is 6. The van der Waals surface area contributed by atoms with Crippen molar-refractivity contribution in [2.75, 3.05) is 39.4 Å². The number of hydrogen-bond donors (Lipinski definition) is 12. The van der Waals surface area contributed by atoms with Gasteiger partial charge in [-0.05, 0) is 44.0 Å². The third-order valence-electron chi connectivity index (χ3n) is 13.2. The minimum absolute atomic E-state index is 0. The maximum atomic E-state index is 14.8. The van der Waals surface area contributed by atoms with Gasteiger partial charge in [-0.25, -0.2) is 0 Å². The average molecular weight is 1070 g/mol. The van der Waals surface area contributed by atoms with Crippen molar-refractivity contribution in [1.82, 2.24) is 36.4 Å². The van der Waals surface area contributed by atoms with Crippen molar-refractivity contribution in [2.45, 2.75) is 126 Å². The fourth-order valence-electron chi connectivity index (χ4n) is 9.17. The van der Waals surface area contributed by atoms with Crippen LogP contribution in [0, 0.1) is 11.8 Å². The van der Waals surface area contributed by atoms with Gasteiger partial charge in [-0.1, -0.05) is 50.2 Å². The Kier molecular flexibility index (Phi) is 23.1. The second kappa shape index (κ2) is 28.2. The maximum absolute atomic E-state index is 14.8. The molecule has 26 nitrogen and oxygen atoms in total. The van der Waals surface area contributed by atoms with Gasteiger partial charge in [0.05, 0.1) is 55.9 Å². The van der Waals surface area contributed by atoms with Crippen LogP contribution in [0.3, 0.4) is 0 Å². The van der Waals surface area contributed by atoms with Crippen LogP contribution in [0.1, 0.15) is 57.5 Å². The molecule has 2 aromatic rings. The summed E-state index contributed by atoms with van der Waals surface area (Å²) in [5.41, 5.74) is 0.954. The van der Waals surface area contributed by atoms with E-state index in [1.807, 2.05) is 30.3 Å². The zero-order chi connectivity index (χ0) is 53.1. The smallest absolute Gasteiger partial charge is 0.691 e. The molecule has 12 N–H and O–H groups in total. The molecule has 0 aliphatic carbocycles. The van der Waals surface area contributed by atoms with Crippen molar-refractivity contribution >= 4 is 47.8 Å². The molecule has 0 unspecified atom stereocenters. The van der Waals surface area contributed by atoms with Gasteiger partial charge in [-0.2, -0.15) is 0 Å². The number of rotatable bonds is 14. The van der Waals surface area contributed by atoms with Crippen molar-refractivity contribution in [2.24, 2.45) is 11.8 Å². The van der Waals surface area contributed by atoms with Gasteiger partial charge in [0.2, 0.25) is 35.4 Å². The fraction of sp³-hybridized carbons (Fsp3) is 0.609. The summed E-state index contributed by atoms with van der Waals surface area (Å²) in [5.74, 6) is -8.72. The Bertz CT molecular complexity index is 2220. The molecule has 4 aliphatic rings. The number of benzene rings is 2. The predicted octanol–water partition coefficient (Wildman–Crippen LogP) is -7.56. The Labute approximate surface area is 452 Å². The Morgan fingerprint density at radius 1 is 0.811 bits per heavy atom. The largest absolute Gasteiger partial charge is 1.00 e. The molecule has 0 saturated carbocycles. The quantitative estimate of drug-likeness (QED) is 0.0275. The van der Waals surface area contributed by atoms with E-state index >= 15 is 0 Å². The van der Waals surface area contributed by atoms with Gasteiger partial charge in [0, 0.05) is 49.9 Å². The summed E-state index contributed by atoms with van der Waals surface area (Å²) in [5, 5.41) is 105. The standard InChI is InChI=1S/C46H65N7O19S.Na/c1-22-13-28(55)17-48-43(64)38-39(60)23(2)18-53(38)45(66)37(32(58)11-12-47-27-20-68-46(69-21-27)26-7-5-4-6-8-26)51-42(63)36(33(59)14-25-9-10-31(57)34(15-25)70-73-72-71-67)50-41(62)30-16-29(56)19-52(30)44(65)35(24(3)54)49-40(22)61;/h4-10,15,22-24,27-30,32-33,35-39,46-47,54-60,67H,11-14,16-21H2,1-3H3,(H,48,64)(H,49,61)(H,50,62)(H,51,63);/q;+1/p-1/t22-,23-,24+,27?,28+,29+,30-,32+,33+,35-,36-,37-,38-,39-,46?;/m0./s1. The van der Waals surface area contributed by atoms with E-state index in [0.717, 1.165) is 21.4 Å². The van der Waals surface area contributed by atoms with Crippen LogP contribution in [0.25, 0.3) is 0 Å². The molecular weight excluding hydrogens is 1010 g/mol. The van der Waals surface area contributed by atoms with Crippen LogP contribution < -0.4 is 65.6 Å². The van der Waals surface area contributed by atoms with Crippen LogP contribution in [0.15, 0.2) is 48.5 Å². The van der Waals surface area contributed by atoms with Crippen molar-refractivity contribution in [3.8, 4) is 11.5 Å². The molecule has 4 saturated heterocycles. The third-order valence-corrected chi connectivity index (χ3v) is 13.5. The van der Waals surface area contributed by atoms with E-state index in [2.05, 4.69) is 36.0 Å². The SMILES string of the molecule is C[C@H]1C[C@@H](O)CNC(=O)[C@@H]2[C@@H](O)[C@@H](C)CN2C(=O)[C@H]([C@H](O)CCNC2COC(c3ccccc3)OC2)NC(=O)[C@H]([C@H](O)Cc2ccc(O)c(OSOO[O-])c2)NC(=O)[C@@H]2C[C@@H](O)CN2C(=O)[C@H]([C@@H](C)O)NC1=O.[Na+]. The Hall–Kier alpha value is -4.27. The molecule has 4 aliphatic heterocycles. The van der Waals surface area contributed by atoms with Gasteiger partial charge in [0.1, 0.15) is 30.2 Å². The number of phenols is 1. The molecule has 6 rings (SSSR count). The minimum Gasteiger partial charge on any atom is -0.691 e. The number of aliphatic hydroxyl groups is 6. The molecule has 2 aromatic carbocycles. The molecule has 6 amide bonds. The normalized spacial score (nSPS) is 31.1. The second-order valence-corrected chi connectivity index (χ2v) is 19.3. The van der Waals surface area contributed by atoms with E-state index in [1.165, 1.54) is 26.0 Å². The van der Waals surface area contributed by atoms with Gasteiger partial charge in [-0.15, -0.1) is 4.33 Å². The van der Waals surface area contributed by atoms with Gasteiger partial charge >= 0.3 is 29.6 Å². The molecular formula is C46H64N7NaO19S. The number of phenolic OH excluding ortho intramolecular Hbond substituents is 1. The number of nitrogens with one attached hydrogen (secondary N) is 5. The van der Waals surface area contributed by atoms with Gasteiger partial charge < -0.3 is 91.0 Å². The van der Waals surface area contributed by atoms with Crippen molar-refractivity contribution in [1.29, 1.82) is 0 Å². The van der Waals surface area contributed by atoms with Gasteiger partial charge in [0.25, 0.3) is 12.3 Å². The summed E-state index contributed by atoms with van der Waals surface area (Å²) in [7, 11) is 0. The average Bonchev–Trinajstić information content (AvgIpc) is 3.91. The first kappa shape index (κ1) is 60.6. The summed E-state index contributed by atoms with van der Waals surface area (Å²) in [6.45, 7) is 3.37. The zero-order valence-corrected chi connectivity index (χ0v) is 44.0. The summed E-state index contributed by atoms with van der Waals surface area (Å²) in [6.07, 6.45) is -11.5. The predicted molar refractivity (Wildman–Crippen MR) is 249 cm³/mol. The summed E-state index contributed by atoms with van der Waals surface area (Å²) in [4.78, 5) is 87.3. The molecule has 0 aromatic heterocycles. The number of β-amino-alcohol motifs (C(OH)–C–C–N with tert-alkyl or cyclic N) is 1. The Balaban J connectivity index is 0.0000101. The van der Waals surface area contributed by atoms with E-state index in [-0.39, 0.29) is 98.4 Å². The van der Waals surface area contributed by atoms with Crippen LogP contribution in [0.5, 0.6) is 11.5 Å². The van der Waals surface area contributed by atoms with Crippen molar-refractivity contribution in [3.05, 3.63) is 59.7 Å². The van der Waals surface area contributed by atoms with E-state index in [9.17, 15) is 69.8 Å². The van der Waals surface area contributed by atoms with E-state index in [1.54, 1.807) is 6.92 Å². The van der Waals surface area contributed by atoms with Crippen LogP contribution in [0.2, 0.25) is 0 Å². The number of nitrogens with zero attached hydrogens (tertiary/aromatic N) is 2. The summed E-state index contributed by atoms with van der Waals surface area (Å²) >= 11 is 0.0374. The monoisotopic (exact) mass is 1070 g/mol. The number of carbonyl (C=O) groups excluding carboxylic acids is 6. The van der Waals surface area contributed by atoms with Crippen LogP contribution in [-0.4, -0.2) is 193 Å². The molecule has 4 fully saturated rings. The summed E-state index contributed by atoms with van der Waals surface area (Å²) in [6, 6.07) is 3.58. The molecule has 0 spiro atoms. The van der Waals surface area contributed by atoms with Gasteiger partial charge in [0.15, 0.2) is 17.8 Å². The first-order valence-corrected chi connectivity index (χ1v) is 24.5. The number of fused-ring (bicyclic) bond motifs is 2. The van der Waals surface area contributed by atoms with Crippen molar-refractivity contribution in [3.63, 3.8) is 0 Å². The molecule has 0 radical (unpaired) electrons. The molecule has 13 atom stereocenters. The zero-order valence-electron chi connectivity index (χ0n) is 41.2. The number of carbonyl (C=O) groups is 6. The van der Waals surface area contributed by atoms with Crippen LogP contribution >= 0.6 is 12.3 Å². The van der Waals surface area contributed by atoms with Crippen molar-refractivity contribution < 1.29 is 122 Å². The second-order valence-electron chi connectivity index (χ2n) is 18.8. The van der Waals surface area contributed by atoms with Crippen LogP contribution in [0.4, 0.5) is 0 Å². The van der Waals surface area contributed by atoms with E-state index < -0.39 is 152 Å².